The number of piperidine rings is 1. The number of hydrogen-bond donors (Lipinski definition) is 0. The molecule has 2 aromatic rings. The Morgan fingerprint density at radius 3 is 2.38 bits per heavy atom. The van der Waals surface area contributed by atoms with E-state index in [4.69, 9.17) is 0 Å². The van der Waals surface area contributed by atoms with Gasteiger partial charge in [0, 0.05) is 37.6 Å². The molecule has 0 bridgehead atoms. The third-order valence-electron chi connectivity index (χ3n) is 4.40. The Kier molecular flexibility index (Phi) is 4.01. The molecule has 0 spiro atoms. The van der Waals surface area contributed by atoms with E-state index >= 15 is 0 Å². The second-order valence-electron chi connectivity index (χ2n) is 6.09. The summed E-state index contributed by atoms with van der Waals surface area (Å²) in [5.74, 6) is 1.41. The van der Waals surface area contributed by atoms with Crippen molar-refractivity contribution < 1.29 is 0 Å². The van der Waals surface area contributed by atoms with Gasteiger partial charge in [-0.1, -0.05) is 0 Å². The summed E-state index contributed by atoms with van der Waals surface area (Å²) in [7, 11) is 1.97. The SMILES string of the molecule is CC(C)N1CCC(c2cnc(-c3nccn3C)cn2)CC1. The lowest BCUT2D eigenvalue weighted by molar-refractivity contribution is 0.170. The second-order valence-corrected chi connectivity index (χ2v) is 6.09. The van der Waals surface area contributed by atoms with E-state index in [-0.39, 0.29) is 0 Å². The molecule has 112 valence electrons. The number of rotatable bonds is 3. The maximum absolute atomic E-state index is 4.63. The molecule has 3 heterocycles. The van der Waals surface area contributed by atoms with Gasteiger partial charge in [0.2, 0.25) is 0 Å². The Morgan fingerprint density at radius 1 is 1.10 bits per heavy atom. The van der Waals surface area contributed by atoms with Gasteiger partial charge in [-0.25, -0.2) is 9.97 Å². The van der Waals surface area contributed by atoms with Crippen LogP contribution >= 0.6 is 0 Å². The summed E-state index contributed by atoms with van der Waals surface area (Å²) in [6.07, 6.45) is 9.84. The van der Waals surface area contributed by atoms with Gasteiger partial charge in [0.25, 0.3) is 0 Å². The van der Waals surface area contributed by atoms with Gasteiger partial charge in [-0.2, -0.15) is 0 Å². The molecule has 0 amide bonds. The van der Waals surface area contributed by atoms with Crippen molar-refractivity contribution in [1.82, 2.24) is 24.4 Å². The molecular formula is C16H23N5. The van der Waals surface area contributed by atoms with Crippen molar-refractivity contribution in [2.45, 2.75) is 38.6 Å². The standard InChI is InChI=1S/C16H23N5/c1-12(2)21-7-4-13(5-8-21)14-10-19-15(11-18-14)16-17-6-9-20(16)3/h6,9-13H,4-5,7-8H2,1-3H3. The first-order valence-electron chi connectivity index (χ1n) is 7.69. The molecular weight excluding hydrogens is 262 g/mol. The second kappa shape index (κ2) is 5.93. The Balaban J connectivity index is 1.69. The quantitative estimate of drug-likeness (QED) is 0.869. The highest BCUT2D eigenvalue weighted by Gasteiger charge is 2.23. The Hall–Kier alpha value is -1.75. The summed E-state index contributed by atoms with van der Waals surface area (Å²) in [6, 6.07) is 0.642. The molecule has 1 aliphatic heterocycles. The molecule has 1 saturated heterocycles. The third kappa shape index (κ3) is 2.97. The van der Waals surface area contributed by atoms with E-state index in [1.807, 2.05) is 30.2 Å². The maximum Gasteiger partial charge on any atom is 0.159 e. The van der Waals surface area contributed by atoms with E-state index in [1.165, 1.54) is 12.8 Å². The van der Waals surface area contributed by atoms with Crippen LogP contribution in [0.2, 0.25) is 0 Å². The molecule has 1 aliphatic rings. The molecule has 0 saturated carbocycles. The number of imidazole rings is 1. The van der Waals surface area contributed by atoms with Crippen LogP contribution in [0.5, 0.6) is 0 Å². The van der Waals surface area contributed by atoms with Crippen molar-refractivity contribution in [2.24, 2.45) is 7.05 Å². The fourth-order valence-corrected chi connectivity index (χ4v) is 2.99. The Bertz CT molecular complexity index is 579. The first-order chi connectivity index (χ1) is 10.1. The number of nitrogens with zero attached hydrogens (tertiary/aromatic N) is 5. The van der Waals surface area contributed by atoms with Crippen LogP contribution in [0.3, 0.4) is 0 Å². The monoisotopic (exact) mass is 285 g/mol. The van der Waals surface area contributed by atoms with Gasteiger partial charge < -0.3 is 9.47 Å². The van der Waals surface area contributed by atoms with E-state index < -0.39 is 0 Å². The fraction of sp³-hybridized carbons (Fsp3) is 0.562. The fourth-order valence-electron chi connectivity index (χ4n) is 2.99. The van der Waals surface area contributed by atoms with Gasteiger partial charge in [0.1, 0.15) is 5.69 Å². The molecule has 0 unspecified atom stereocenters. The van der Waals surface area contributed by atoms with Crippen molar-refractivity contribution in [3.05, 3.63) is 30.5 Å². The molecule has 5 nitrogen and oxygen atoms in total. The van der Waals surface area contributed by atoms with Crippen LogP contribution in [-0.2, 0) is 7.05 Å². The Morgan fingerprint density at radius 2 is 1.86 bits per heavy atom. The number of hydrogen-bond acceptors (Lipinski definition) is 4. The van der Waals surface area contributed by atoms with Crippen molar-refractivity contribution in [3.8, 4) is 11.5 Å². The zero-order valence-electron chi connectivity index (χ0n) is 13.0. The van der Waals surface area contributed by atoms with E-state index in [2.05, 4.69) is 33.7 Å². The van der Waals surface area contributed by atoms with Gasteiger partial charge in [0.15, 0.2) is 5.82 Å². The molecule has 0 aromatic carbocycles. The smallest absolute Gasteiger partial charge is 0.159 e. The van der Waals surface area contributed by atoms with Crippen LogP contribution in [0, 0.1) is 0 Å². The largest absolute Gasteiger partial charge is 0.333 e. The highest BCUT2D eigenvalue weighted by molar-refractivity contribution is 5.47. The average molecular weight is 285 g/mol. The van der Waals surface area contributed by atoms with E-state index in [0.717, 1.165) is 30.3 Å². The van der Waals surface area contributed by atoms with Gasteiger partial charge in [-0.15, -0.1) is 0 Å². The van der Waals surface area contributed by atoms with Crippen molar-refractivity contribution in [2.75, 3.05) is 13.1 Å². The molecule has 5 heteroatoms. The van der Waals surface area contributed by atoms with Crippen molar-refractivity contribution >= 4 is 0 Å². The van der Waals surface area contributed by atoms with Crippen LogP contribution in [0.25, 0.3) is 11.5 Å². The van der Waals surface area contributed by atoms with E-state index in [1.54, 1.807) is 6.20 Å². The molecule has 2 aromatic heterocycles. The van der Waals surface area contributed by atoms with Crippen LogP contribution in [0.1, 0.15) is 38.3 Å². The minimum absolute atomic E-state index is 0.544. The number of aromatic nitrogens is 4. The maximum atomic E-state index is 4.63. The summed E-state index contributed by atoms with van der Waals surface area (Å²) in [5, 5.41) is 0. The number of aryl methyl sites for hydroxylation is 1. The first-order valence-corrected chi connectivity index (χ1v) is 7.69. The topological polar surface area (TPSA) is 46.8 Å². The molecule has 0 radical (unpaired) electrons. The molecule has 1 fully saturated rings. The van der Waals surface area contributed by atoms with Crippen molar-refractivity contribution in [1.29, 1.82) is 0 Å². The summed E-state index contributed by atoms with van der Waals surface area (Å²) >= 11 is 0. The summed E-state index contributed by atoms with van der Waals surface area (Å²) in [5.41, 5.74) is 1.96. The molecule has 3 rings (SSSR count). The highest BCUT2D eigenvalue weighted by atomic mass is 15.1. The lowest BCUT2D eigenvalue weighted by atomic mass is 9.93. The third-order valence-corrected chi connectivity index (χ3v) is 4.40. The predicted octanol–water partition coefficient (Wildman–Crippen LogP) is 2.46. The summed E-state index contributed by atoms with van der Waals surface area (Å²) in [4.78, 5) is 16.0. The lowest BCUT2D eigenvalue weighted by Crippen LogP contribution is -2.38. The first kappa shape index (κ1) is 14.2. The number of likely N-dealkylation sites (tertiary alicyclic amines) is 1. The van der Waals surface area contributed by atoms with Gasteiger partial charge in [0.05, 0.1) is 11.9 Å². The van der Waals surface area contributed by atoms with Gasteiger partial charge in [-0.05, 0) is 39.8 Å². The molecule has 0 atom stereocenters. The minimum atomic E-state index is 0.544. The zero-order valence-corrected chi connectivity index (χ0v) is 13.0. The van der Waals surface area contributed by atoms with Gasteiger partial charge in [-0.3, -0.25) is 4.98 Å². The molecule has 0 aliphatic carbocycles. The zero-order chi connectivity index (χ0) is 14.8. The van der Waals surface area contributed by atoms with E-state index in [9.17, 15) is 0 Å². The summed E-state index contributed by atoms with van der Waals surface area (Å²) in [6.45, 7) is 6.85. The van der Waals surface area contributed by atoms with Crippen molar-refractivity contribution in [3.63, 3.8) is 0 Å². The van der Waals surface area contributed by atoms with Crippen LogP contribution in [0.4, 0.5) is 0 Å². The van der Waals surface area contributed by atoms with Crippen LogP contribution in [0.15, 0.2) is 24.8 Å². The lowest BCUT2D eigenvalue weighted by Gasteiger charge is -2.34. The Labute approximate surface area is 126 Å². The molecule has 21 heavy (non-hydrogen) atoms. The predicted molar refractivity (Wildman–Crippen MR) is 82.9 cm³/mol. The summed E-state index contributed by atoms with van der Waals surface area (Å²) < 4.78 is 1.96. The minimum Gasteiger partial charge on any atom is -0.333 e. The van der Waals surface area contributed by atoms with E-state index in [0.29, 0.717) is 12.0 Å². The highest BCUT2D eigenvalue weighted by Crippen LogP contribution is 2.27. The van der Waals surface area contributed by atoms with Crippen LogP contribution < -0.4 is 0 Å². The average Bonchev–Trinajstić information content (AvgIpc) is 2.94. The van der Waals surface area contributed by atoms with Crippen LogP contribution in [-0.4, -0.2) is 43.6 Å². The normalized spacial score (nSPS) is 17.5. The molecule has 0 N–H and O–H groups in total. The van der Waals surface area contributed by atoms with Gasteiger partial charge >= 0.3 is 0 Å².